The predicted molar refractivity (Wildman–Crippen MR) is 71.0 cm³/mol. The van der Waals surface area contributed by atoms with Crippen LogP contribution in [-0.2, 0) is 4.74 Å². The van der Waals surface area contributed by atoms with E-state index in [4.69, 9.17) is 4.74 Å². The molecule has 18 heavy (non-hydrogen) atoms. The van der Waals surface area contributed by atoms with Crippen LogP contribution in [0.3, 0.4) is 0 Å². The standard InChI is InChI=1S/C15H22FNO/c1-2-8-17-11-13-6-4-9-18-15(13)12-5-3-7-14(16)10-12/h3,5,7,10,13,15,17H,2,4,6,8-9,11H2,1H3. The van der Waals surface area contributed by atoms with Crippen molar-refractivity contribution in [2.75, 3.05) is 19.7 Å². The van der Waals surface area contributed by atoms with Crippen LogP contribution in [0.2, 0.25) is 0 Å². The van der Waals surface area contributed by atoms with Crippen molar-refractivity contribution in [2.45, 2.75) is 32.3 Å². The van der Waals surface area contributed by atoms with Crippen LogP contribution in [0.4, 0.5) is 4.39 Å². The summed E-state index contributed by atoms with van der Waals surface area (Å²) in [6.07, 6.45) is 3.43. The maximum atomic E-state index is 13.3. The van der Waals surface area contributed by atoms with Gasteiger partial charge in [-0.05, 0) is 43.5 Å². The molecule has 1 N–H and O–H groups in total. The molecule has 0 amide bonds. The summed E-state index contributed by atoms with van der Waals surface area (Å²) in [4.78, 5) is 0. The molecule has 2 atom stereocenters. The zero-order chi connectivity index (χ0) is 12.8. The third kappa shape index (κ3) is 3.53. The molecular weight excluding hydrogens is 229 g/mol. The lowest BCUT2D eigenvalue weighted by atomic mass is 9.89. The fourth-order valence-corrected chi connectivity index (χ4v) is 2.57. The van der Waals surface area contributed by atoms with Gasteiger partial charge in [-0.3, -0.25) is 0 Å². The van der Waals surface area contributed by atoms with E-state index < -0.39 is 0 Å². The topological polar surface area (TPSA) is 21.3 Å². The van der Waals surface area contributed by atoms with E-state index in [2.05, 4.69) is 12.2 Å². The smallest absolute Gasteiger partial charge is 0.123 e. The maximum absolute atomic E-state index is 13.3. The second kappa shape index (κ2) is 6.86. The zero-order valence-electron chi connectivity index (χ0n) is 11.0. The third-order valence-corrected chi connectivity index (χ3v) is 3.46. The van der Waals surface area contributed by atoms with Crippen LogP contribution in [0, 0.1) is 11.7 Å². The van der Waals surface area contributed by atoms with Gasteiger partial charge in [-0.15, -0.1) is 0 Å². The Hall–Kier alpha value is -0.930. The molecule has 1 aromatic carbocycles. The van der Waals surface area contributed by atoms with Crippen molar-refractivity contribution in [3.05, 3.63) is 35.6 Å². The molecule has 1 saturated heterocycles. The zero-order valence-corrected chi connectivity index (χ0v) is 11.0. The molecule has 1 heterocycles. The van der Waals surface area contributed by atoms with Crippen LogP contribution in [0.25, 0.3) is 0 Å². The molecule has 2 rings (SSSR count). The Morgan fingerprint density at radius 3 is 3.11 bits per heavy atom. The molecule has 1 aliphatic heterocycles. The van der Waals surface area contributed by atoms with Gasteiger partial charge in [0.05, 0.1) is 6.10 Å². The normalized spacial score (nSPS) is 24.1. The minimum Gasteiger partial charge on any atom is -0.373 e. The fourth-order valence-electron chi connectivity index (χ4n) is 2.57. The van der Waals surface area contributed by atoms with E-state index in [-0.39, 0.29) is 11.9 Å². The highest BCUT2D eigenvalue weighted by atomic mass is 19.1. The predicted octanol–water partition coefficient (Wildman–Crippen LogP) is 3.29. The minimum absolute atomic E-state index is 0.0406. The Labute approximate surface area is 109 Å². The molecule has 0 bridgehead atoms. The lowest BCUT2D eigenvalue weighted by Crippen LogP contribution is -2.32. The number of hydrogen-bond donors (Lipinski definition) is 1. The van der Waals surface area contributed by atoms with Crippen molar-refractivity contribution in [2.24, 2.45) is 5.92 Å². The molecule has 3 heteroatoms. The highest BCUT2D eigenvalue weighted by molar-refractivity contribution is 5.20. The van der Waals surface area contributed by atoms with Crippen LogP contribution in [0.5, 0.6) is 0 Å². The number of hydrogen-bond acceptors (Lipinski definition) is 2. The van der Waals surface area contributed by atoms with Gasteiger partial charge in [-0.1, -0.05) is 19.1 Å². The van der Waals surface area contributed by atoms with E-state index in [0.29, 0.717) is 5.92 Å². The van der Waals surface area contributed by atoms with E-state index in [0.717, 1.165) is 44.5 Å². The number of rotatable bonds is 5. The first-order chi connectivity index (χ1) is 8.81. The van der Waals surface area contributed by atoms with E-state index in [9.17, 15) is 4.39 Å². The van der Waals surface area contributed by atoms with E-state index >= 15 is 0 Å². The largest absolute Gasteiger partial charge is 0.373 e. The number of halogens is 1. The van der Waals surface area contributed by atoms with Gasteiger partial charge in [0, 0.05) is 19.1 Å². The highest BCUT2D eigenvalue weighted by Gasteiger charge is 2.27. The Balaban J connectivity index is 2.03. The van der Waals surface area contributed by atoms with Crippen molar-refractivity contribution in [3.8, 4) is 0 Å². The summed E-state index contributed by atoms with van der Waals surface area (Å²) in [6.45, 7) is 4.93. The van der Waals surface area contributed by atoms with Crippen molar-refractivity contribution in [1.29, 1.82) is 0 Å². The molecule has 1 aromatic rings. The number of nitrogens with one attached hydrogen (secondary N) is 1. The SMILES string of the molecule is CCCNCC1CCCOC1c1cccc(F)c1. The van der Waals surface area contributed by atoms with Crippen LogP contribution >= 0.6 is 0 Å². The summed E-state index contributed by atoms with van der Waals surface area (Å²) in [5.41, 5.74) is 0.970. The number of benzene rings is 1. The maximum Gasteiger partial charge on any atom is 0.123 e. The molecule has 0 aliphatic carbocycles. The molecule has 0 spiro atoms. The Kier molecular flexibility index (Phi) is 5.14. The lowest BCUT2D eigenvalue weighted by molar-refractivity contribution is -0.0278. The molecule has 0 saturated carbocycles. The summed E-state index contributed by atoms with van der Waals surface area (Å²) in [5, 5.41) is 3.45. The monoisotopic (exact) mass is 251 g/mol. The van der Waals surface area contributed by atoms with Gasteiger partial charge in [-0.2, -0.15) is 0 Å². The van der Waals surface area contributed by atoms with Gasteiger partial charge >= 0.3 is 0 Å². The van der Waals surface area contributed by atoms with Gasteiger partial charge < -0.3 is 10.1 Å². The third-order valence-electron chi connectivity index (χ3n) is 3.46. The molecule has 2 unspecified atom stereocenters. The molecular formula is C15H22FNO. The van der Waals surface area contributed by atoms with Gasteiger partial charge in [0.25, 0.3) is 0 Å². The fraction of sp³-hybridized carbons (Fsp3) is 0.600. The Morgan fingerprint density at radius 2 is 2.33 bits per heavy atom. The molecule has 1 fully saturated rings. The second-order valence-corrected chi connectivity index (χ2v) is 4.95. The molecule has 2 nitrogen and oxygen atoms in total. The van der Waals surface area contributed by atoms with Crippen LogP contribution in [-0.4, -0.2) is 19.7 Å². The van der Waals surface area contributed by atoms with Crippen molar-refractivity contribution in [3.63, 3.8) is 0 Å². The van der Waals surface area contributed by atoms with Gasteiger partial charge in [0.1, 0.15) is 5.82 Å². The molecule has 0 aromatic heterocycles. The van der Waals surface area contributed by atoms with Crippen molar-refractivity contribution < 1.29 is 9.13 Å². The van der Waals surface area contributed by atoms with E-state index in [1.165, 1.54) is 6.07 Å². The molecule has 1 aliphatic rings. The first kappa shape index (κ1) is 13.5. The summed E-state index contributed by atoms with van der Waals surface area (Å²) in [6, 6.07) is 6.81. The Morgan fingerprint density at radius 1 is 1.44 bits per heavy atom. The Bertz CT molecular complexity index is 369. The van der Waals surface area contributed by atoms with E-state index in [1.54, 1.807) is 12.1 Å². The van der Waals surface area contributed by atoms with Gasteiger partial charge in [0.15, 0.2) is 0 Å². The van der Waals surface area contributed by atoms with E-state index in [1.807, 2.05) is 6.07 Å². The average molecular weight is 251 g/mol. The van der Waals surface area contributed by atoms with Crippen molar-refractivity contribution in [1.82, 2.24) is 5.32 Å². The molecule has 0 radical (unpaired) electrons. The van der Waals surface area contributed by atoms with Gasteiger partial charge in [0.2, 0.25) is 0 Å². The lowest BCUT2D eigenvalue weighted by Gasteiger charge is -2.32. The average Bonchev–Trinajstić information content (AvgIpc) is 2.40. The number of ether oxygens (including phenoxy) is 1. The molecule has 100 valence electrons. The van der Waals surface area contributed by atoms with Gasteiger partial charge in [-0.25, -0.2) is 4.39 Å². The van der Waals surface area contributed by atoms with Crippen LogP contribution in [0.15, 0.2) is 24.3 Å². The summed E-state index contributed by atoms with van der Waals surface area (Å²) >= 11 is 0. The highest BCUT2D eigenvalue weighted by Crippen LogP contribution is 2.33. The first-order valence-electron chi connectivity index (χ1n) is 6.89. The first-order valence-corrected chi connectivity index (χ1v) is 6.89. The summed E-state index contributed by atoms with van der Waals surface area (Å²) in [5.74, 6) is 0.272. The minimum atomic E-state index is -0.179. The summed E-state index contributed by atoms with van der Waals surface area (Å²) < 4.78 is 19.1. The van der Waals surface area contributed by atoms with Crippen molar-refractivity contribution >= 4 is 0 Å². The second-order valence-electron chi connectivity index (χ2n) is 4.95. The quantitative estimate of drug-likeness (QED) is 0.811. The van der Waals surface area contributed by atoms with Crippen LogP contribution in [0.1, 0.15) is 37.9 Å². The van der Waals surface area contributed by atoms with Crippen LogP contribution < -0.4 is 5.32 Å². The summed E-state index contributed by atoms with van der Waals surface area (Å²) in [7, 11) is 0.